The van der Waals surface area contributed by atoms with Crippen molar-refractivity contribution in [1.82, 2.24) is 18.8 Å². The van der Waals surface area contributed by atoms with Crippen molar-refractivity contribution in [2.75, 3.05) is 6.26 Å². The fraction of sp³-hybridized carbons (Fsp3) is 0.0556. The molecule has 0 atom stereocenters. The number of carbonyl (C=O) groups excluding carboxylic acids is 1. The van der Waals surface area contributed by atoms with Gasteiger partial charge in [0, 0.05) is 29.4 Å². The van der Waals surface area contributed by atoms with Crippen molar-refractivity contribution in [3.05, 3.63) is 60.6 Å². The van der Waals surface area contributed by atoms with Crippen molar-refractivity contribution in [2.24, 2.45) is 5.73 Å². The summed E-state index contributed by atoms with van der Waals surface area (Å²) in [6, 6.07) is 10.4. The Labute approximate surface area is 160 Å². The Balaban J connectivity index is 1.99. The molecule has 0 saturated heterocycles. The van der Waals surface area contributed by atoms with Crippen molar-refractivity contribution in [3.8, 4) is 5.69 Å². The summed E-state index contributed by atoms with van der Waals surface area (Å²) in [7, 11) is -3.46. The molecule has 4 rings (SSSR count). The van der Waals surface area contributed by atoms with Crippen LogP contribution in [0.1, 0.15) is 10.4 Å². The first-order valence-electron chi connectivity index (χ1n) is 8.20. The molecular weight excluding hydrogens is 380 g/mol. The largest absolute Gasteiger partial charge is 0.370 e. The number of nitrogens with zero attached hydrogens (tertiary/aromatic N) is 3. The number of rotatable bonds is 3. The van der Waals surface area contributed by atoms with Gasteiger partial charge in [-0.05, 0) is 30.3 Å². The standard InChI is InChI=1S/C18H16N6O3S/c1-28(26,27)24-9-7-12-14(5-2-6-15(12)24)23-10-13(17(25)22-18(19)20)11-4-3-8-21-16(11)23/h2-10H,1H3,(H4,19,20,22,25). The molecule has 3 aromatic heterocycles. The minimum atomic E-state index is -3.46. The Morgan fingerprint density at radius 3 is 2.68 bits per heavy atom. The number of nitrogens with one attached hydrogen (secondary N) is 2. The van der Waals surface area contributed by atoms with Gasteiger partial charge in [-0.15, -0.1) is 0 Å². The van der Waals surface area contributed by atoms with Crippen LogP contribution < -0.4 is 11.1 Å². The molecule has 10 heteroatoms. The number of hydrogen-bond acceptors (Lipinski definition) is 5. The minimum absolute atomic E-state index is 0.304. The first-order chi connectivity index (χ1) is 13.3. The average molecular weight is 396 g/mol. The number of carbonyl (C=O) groups is 1. The van der Waals surface area contributed by atoms with Crippen LogP contribution in [0.3, 0.4) is 0 Å². The molecule has 9 nitrogen and oxygen atoms in total. The summed E-state index contributed by atoms with van der Waals surface area (Å²) in [5, 5.41) is 10.8. The summed E-state index contributed by atoms with van der Waals surface area (Å²) in [6.07, 6.45) is 5.83. The Morgan fingerprint density at radius 2 is 1.96 bits per heavy atom. The molecule has 28 heavy (non-hydrogen) atoms. The second-order valence-electron chi connectivity index (χ2n) is 6.24. The molecule has 0 spiro atoms. The van der Waals surface area contributed by atoms with E-state index < -0.39 is 21.9 Å². The van der Waals surface area contributed by atoms with Crippen LogP contribution in [0.4, 0.5) is 0 Å². The molecule has 1 amide bonds. The molecular formula is C18H16N6O3S. The van der Waals surface area contributed by atoms with E-state index in [9.17, 15) is 13.2 Å². The van der Waals surface area contributed by atoms with E-state index in [0.29, 0.717) is 33.2 Å². The maximum absolute atomic E-state index is 12.5. The Hall–Kier alpha value is -3.66. The van der Waals surface area contributed by atoms with E-state index in [2.05, 4.69) is 10.3 Å². The monoisotopic (exact) mass is 396 g/mol. The molecule has 3 heterocycles. The second kappa shape index (κ2) is 6.20. The van der Waals surface area contributed by atoms with Gasteiger partial charge in [-0.25, -0.2) is 17.4 Å². The lowest BCUT2D eigenvalue weighted by Crippen LogP contribution is -2.35. The summed E-state index contributed by atoms with van der Waals surface area (Å²) >= 11 is 0. The quantitative estimate of drug-likeness (QED) is 0.355. The van der Waals surface area contributed by atoms with Crippen LogP contribution in [-0.2, 0) is 10.0 Å². The predicted molar refractivity (Wildman–Crippen MR) is 106 cm³/mol. The van der Waals surface area contributed by atoms with Crippen LogP contribution in [0.25, 0.3) is 27.6 Å². The van der Waals surface area contributed by atoms with Crippen molar-refractivity contribution >= 4 is 43.8 Å². The van der Waals surface area contributed by atoms with Gasteiger partial charge in [0.25, 0.3) is 5.91 Å². The third-order valence-electron chi connectivity index (χ3n) is 4.35. The highest BCUT2D eigenvalue weighted by Gasteiger charge is 2.19. The van der Waals surface area contributed by atoms with Gasteiger partial charge in [-0.3, -0.25) is 20.1 Å². The molecule has 1 aromatic carbocycles. The SMILES string of the molecule is CS(=O)(=O)n1ccc2c(-n3cc(C(=O)NC(=N)N)c4cccnc43)cccc21. The van der Waals surface area contributed by atoms with Gasteiger partial charge in [-0.1, -0.05) is 6.07 Å². The molecule has 0 radical (unpaired) electrons. The molecule has 0 fully saturated rings. The number of aromatic nitrogens is 3. The summed E-state index contributed by atoms with van der Waals surface area (Å²) in [5.74, 6) is -0.979. The van der Waals surface area contributed by atoms with Crippen LogP contribution in [0.2, 0.25) is 0 Å². The van der Waals surface area contributed by atoms with E-state index in [1.165, 1.54) is 10.2 Å². The van der Waals surface area contributed by atoms with Gasteiger partial charge in [0.15, 0.2) is 5.96 Å². The number of benzene rings is 1. The lowest BCUT2D eigenvalue weighted by Gasteiger charge is -2.08. The van der Waals surface area contributed by atoms with Crippen molar-refractivity contribution < 1.29 is 13.2 Å². The number of nitrogens with two attached hydrogens (primary N) is 1. The average Bonchev–Trinajstić information content (AvgIpc) is 3.22. The molecule has 0 aliphatic carbocycles. The van der Waals surface area contributed by atoms with E-state index >= 15 is 0 Å². The predicted octanol–water partition coefficient (Wildman–Crippen LogP) is 1.41. The summed E-state index contributed by atoms with van der Waals surface area (Å²) in [5.41, 5.74) is 7.30. The van der Waals surface area contributed by atoms with Crippen LogP contribution in [0, 0.1) is 5.41 Å². The number of pyridine rings is 1. The maximum atomic E-state index is 12.5. The zero-order valence-corrected chi connectivity index (χ0v) is 15.6. The highest BCUT2D eigenvalue weighted by molar-refractivity contribution is 7.89. The van der Waals surface area contributed by atoms with Crippen LogP contribution in [0.15, 0.2) is 55.0 Å². The lowest BCUT2D eigenvalue weighted by atomic mass is 10.2. The molecule has 0 unspecified atom stereocenters. The van der Waals surface area contributed by atoms with E-state index in [1.807, 2.05) is 6.07 Å². The topological polar surface area (TPSA) is 136 Å². The van der Waals surface area contributed by atoms with Crippen LogP contribution in [0.5, 0.6) is 0 Å². The Bertz CT molecular complexity index is 1370. The molecule has 0 aliphatic rings. The molecule has 142 valence electrons. The third kappa shape index (κ3) is 2.79. The Kier molecular flexibility index (Phi) is 3.93. The van der Waals surface area contributed by atoms with E-state index in [1.54, 1.807) is 47.3 Å². The highest BCUT2D eigenvalue weighted by atomic mass is 32.2. The van der Waals surface area contributed by atoms with Gasteiger partial charge in [0.2, 0.25) is 10.0 Å². The molecule has 0 saturated carbocycles. The van der Waals surface area contributed by atoms with Gasteiger partial charge in [0.1, 0.15) is 5.65 Å². The summed E-state index contributed by atoms with van der Waals surface area (Å²) in [4.78, 5) is 16.8. The summed E-state index contributed by atoms with van der Waals surface area (Å²) < 4.78 is 27.0. The zero-order chi connectivity index (χ0) is 20.1. The Morgan fingerprint density at radius 1 is 1.18 bits per heavy atom. The van der Waals surface area contributed by atoms with Gasteiger partial charge < -0.3 is 5.73 Å². The first kappa shape index (κ1) is 17.7. The highest BCUT2D eigenvalue weighted by Crippen LogP contribution is 2.29. The van der Waals surface area contributed by atoms with E-state index in [4.69, 9.17) is 11.1 Å². The molecule has 0 bridgehead atoms. The normalized spacial score (nSPS) is 11.8. The maximum Gasteiger partial charge on any atom is 0.260 e. The van der Waals surface area contributed by atoms with Gasteiger partial charge in [0.05, 0.1) is 23.0 Å². The minimum Gasteiger partial charge on any atom is -0.370 e. The number of amides is 1. The van der Waals surface area contributed by atoms with E-state index in [0.717, 1.165) is 6.26 Å². The van der Waals surface area contributed by atoms with Crippen molar-refractivity contribution in [2.45, 2.75) is 0 Å². The van der Waals surface area contributed by atoms with E-state index in [-0.39, 0.29) is 0 Å². The smallest absolute Gasteiger partial charge is 0.260 e. The number of hydrogen-bond donors (Lipinski definition) is 3. The third-order valence-corrected chi connectivity index (χ3v) is 5.38. The van der Waals surface area contributed by atoms with Gasteiger partial charge >= 0.3 is 0 Å². The van der Waals surface area contributed by atoms with Crippen LogP contribution in [-0.4, -0.2) is 40.1 Å². The number of guanidine groups is 1. The zero-order valence-electron chi connectivity index (χ0n) is 14.7. The van der Waals surface area contributed by atoms with Gasteiger partial charge in [-0.2, -0.15) is 0 Å². The molecule has 0 aliphatic heterocycles. The number of fused-ring (bicyclic) bond motifs is 2. The lowest BCUT2D eigenvalue weighted by molar-refractivity contribution is 0.0978. The van der Waals surface area contributed by atoms with Crippen LogP contribution >= 0.6 is 0 Å². The van der Waals surface area contributed by atoms with Crippen molar-refractivity contribution in [1.29, 1.82) is 5.41 Å². The fourth-order valence-electron chi connectivity index (χ4n) is 3.24. The first-order valence-corrected chi connectivity index (χ1v) is 10.0. The molecule has 4 aromatic rings. The summed E-state index contributed by atoms with van der Waals surface area (Å²) in [6.45, 7) is 0. The second-order valence-corrected chi connectivity index (χ2v) is 8.10. The molecule has 4 N–H and O–H groups in total. The van der Waals surface area contributed by atoms with Crippen molar-refractivity contribution in [3.63, 3.8) is 0 Å². The fourth-order valence-corrected chi connectivity index (χ4v) is 4.04.